The van der Waals surface area contributed by atoms with Crippen molar-refractivity contribution in [1.29, 1.82) is 0 Å². The Kier molecular flexibility index (Phi) is 5.26. The van der Waals surface area contributed by atoms with Crippen molar-refractivity contribution in [2.75, 3.05) is 23.4 Å². The van der Waals surface area contributed by atoms with Gasteiger partial charge in [0.2, 0.25) is 11.8 Å². The van der Waals surface area contributed by atoms with Gasteiger partial charge in [-0.05, 0) is 68.3 Å². The van der Waals surface area contributed by atoms with Gasteiger partial charge in [0.25, 0.3) is 0 Å². The lowest BCUT2D eigenvalue weighted by Crippen LogP contribution is -2.28. The van der Waals surface area contributed by atoms with Gasteiger partial charge in [-0.25, -0.2) is 0 Å². The summed E-state index contributed by atoms with van der Waals surface area (Å²) in [6, 6.07) is 13.2. The molecule has 1 N–H and O–H groups in total. The number of nitrogens with zero attached hydrogens (tertiary/aromatic N) is 1. The molecule has 0 aromatic heterocycles. The van der Waals surface area contributed by atoms with Gasteiger partial charge < -0.3 is 15.0 Å². The van der Waals surface area contributed by atoms with Crippen LogP contribution in [0.3, 0.4) is 0 Å². The number of hydrogen-bond acceptors (Lipinski definition) is 3. The maximum Gasteiger partial charge on any atom is 0.229 e. The fourth-order valence-corrected chi connectivity index (χ4v) is 3.07. The van der Waals surface area contributed by atoms with E-state index < -0.39 is 0 Å². The van der Waals surface area contributed by atoms with Crippen LogP contribution in [-0.4, -0.2) is 25.0 Å². The first kappa shape index (κ1) is 18.0. The Labute approximate surface area is 154 Å². The van der Waals surface area contributed by atoms with Crippen molar-refractivity contribution in [2.24, 2.45) is 5.92 Å². The van der Waals surface area contributed by atoms with E-state index in [-0.39, 0.29) is 24.2 Å². The van der Waals surface area contributed by atoms with Crippen LogP contribution in [0.25, 0.3) is 0 Å². The lowest BCUT2D eigenvalue weighted by molar-refractivity contribution is -0.122. The summed E-state index contributed by atoms with van der Waals surface area (Å²) in [5.74, 6) is 0.270. The Morgan fingerprint density at radius 2 is 1.88 bits per heavy atom. The predicted octanol–water partition coefficient (Wildman–Crippen LogP) is 3.69. The third-order valence-electron chi connectivity index (χ3n) is 4.73. The summed E-state index contributed by atoms with van der Waals surface area (Å²) in [5.41, 5.74) is 3.88. The van der Waals surface area contributed by atoms with Crippen molar-refractivity contribution in [2.45, 2.75) is 27.2 Å². The number of hydrogen-bond donors (Lipinski definition) is 1. The van der Waals surface area contributed by atoms with Gasteiger partial charge in [-0.15, -0.1) is 0 Å². The number of ether oxygens (including phenoxy) is 1. The smallest absolute Gasteiger partial charge is 0.229 e. The molecule has 3 rings (SSSR count). The van der Waals surface area contributed by atoms with Crippen LogP contribution in [0, 0.1) is 19.8 Å². The van der Waals surface area contributed by atoms with Crippen LogP contribution in [-0.2, 0) is 9.59 Å². The maximum atomic E-state index is 12.5. The van der Waals surface area contributed by atoms with Gasteiger partial charge in [-0.1, -0.05) is 6.07 Å². The van der Waals surface area contributed by atoms with Gasteiger partial charge in [-0.3, -0.25) is 9.59 Å². The summed E-state index contributed by atoms with van der Waals surface area (Å²) in [6.45, 7) is 7.00. The van der Waals surface area contributed by atoms with Gasteiger partial charge in [-0.2, -0.15) is 0 Å². The Bertz CT molecular complexity index is 815. The monoisotopic (exact) mass is 352 g/mol. The predicted molar refractivity (Wildman–Crippen MR) is 103 cm³/mol. The Morgan fingerprint density at radius 3 is 2.54 bits per heavy atom. The molecule has 1 fully saturated rings. The molecule has 0 radical (unpaired) electrons. The highest BCUT2D eigenvalue weighted by Crippen LogP contribution is 2.27. The van der Waals surface area contributed by atoms with E-state index in [2.05, 4.69) is 5.32 Å². The molecule has 2 aromatic carbocycles. The van der Waals surface area contributed by atoms with E-state index in [9.17, 15) is 9.59 Å². The third kappa shape index (κ3) is 3.87. The fourth-order valence-electron chi connectivity index (χ4n) is 3.07. The van der Waals surface area contributed by atoms with E-state index in [1.54, 1.807) is 17.0 Å². The SMILES string of the molecule is CCOc1ccc(NC(=O)C2CC(=O)N(c3ccc(C)c(C)c3)C2)cc1. The molecule has 5 nitrogen and oxygen atoms in total. The quantitative estimate of drug-likeness (QED) is 0.893. The van der Waals surface area contributed by atoms with E-state index in [0.29, 0.717) is 18.8 Å². The van der Waals surface area contributed by atoms with Crippen molar-refractivity contribution in [3.05, 3.63) is 53.6 Å². The summed E-state index contributed by atoms with van der Waals surface area (Å²) < 4.78 is 5.40. The van der Waals surface area contributed by atoms with Crippen molar-refractivity contribution < 1.29 is 14.3 Å². The van der Waals surface area contributed by atoms with Crippen LogP contribution in [0.2, 0.25) is 0 Å². The number of rotatable bonds is 5. The molecule has 5 heteroatoms. The molecule has 0 bridgehead atoms. The summed E-state index contributed by atoms with van der Waals surface area (Å²) in [6.07, 6.45) is 0.232. The van der Waals surface area contributed by atoms with Crippen molar-refractivity contribution in [3.63, 3.8) is 0 Å². The minimum atomic E-state index is -0.351. The van der Waals surface area contributed by atoms with Gasteiger partial charge in [0, 0.05) is 24.3 Å². The molecule has 1 aliphatic heterocycles. The minimum Gasteiger partial charge on any atom is -0.494 e. The van der Waals surface area contributed by atoms with E-state index in [0.717, 1.165) is 17.0 Å². The van der Waals surface area contributed by atoms with Crippen LogP contribution in [0.4, 0.5) is 11.4 Å². The Balaban J connectivity index is 1.65. The third-order valence-corrected chi connectivity index (χ3v) is 4.73. The zero-order valence-corrected chi connectivity index (χ0v) is 15.4. The van der Waals surface area contributed by atoms with Crippen molar-refractivity contribution in [3.8, 4) is 5.75 Å². The largest absolute Gasteiger partial charge is 0.494 e. The first-order valence-corrected chi connectivity index (χ1v) is 8.89. The van der Waals surface area contributed by atoms with Gasteiger partial charge in [0.05, 0.1) is 12.5 Å². The fraction of sp³-hybridized carbons (Fsp3) is 0.333. The molecule has 2 aromatic rings. The molecule has 1 saturated heterocycles. The normalized spacial score (nSPS) is 16.7. The molecule has 136 valence electrons. The summed E-state index contributed by atoms with van der Waals surface area (Å²) in [5, 5.41) is 2.89. The number of anilines is 2. The van der Waals surface area contributed by atoms with Crippen LogP contribution in [0.5, 0.6) is 5.75 Å². The summed E-state index contributed by atoms with van der Waals surface area (Å²) in [4.78, 5) is 26.6. The van der Waals surface area contributed by atoms with Gasteiger partial charge in [0.1, 0.15) is 5.75 Å². The first-order valence-electron chi connectivity index (χ1n) is 8.89. The van der Waals surface area contributed by atoms with E-state index in [4.69, 9.17) is 4.74 Å². The number of carbonyl (C=O) groups is 2. The second-order valence-electron chi connectivity index (χ2n) is 6.62. The number of aryl methyl sites for hydroxylation is 2. The maximum absolute atomic E-state index is 12.5. The van der Waals surface area contributed by atoms with Gasteiger partial charge in [0.15, 0.2) is 0 Å². The average Bonchev–Trinajstić information content (AvgIpc) is 3.01. The van der Waals surface area contributed by atoms with Crippen molar-refractivity contribution >= 4 is 23.2 Å². The summed E-state index contributed by atoms with van der Waals surface area (Å²) >= 11 is 0. The lowest BCUT2D eigenvalue weighted by atomic mass is 10.1. The van der Waals surface area contributed by atoms with Crippen LogP contribution in [0.1, 0.15) is 24.5 Å². The molecule has 2 amide bonds. The van der Waals surface area contributed by atoms with Crippen LogP contribution >= 0.6 is 0 Å². The highest BCUT2D eigenvalue weighted by atomic mass is 16.5. The van der Waals surface area contributed by atoms with E-state index in [1.807, 2.05) is 51.1 Å². The summed E-state index contributed by atoms with van der Waals surface area (Å²) in [7, 11) is 0. The second-order valence-corrected chi connectivity index (χ2v) is 6.62. The molecular weight excluding hydrogens is 328 g/mol. The highest BCUT2D eigenvalue weighted by molar-refractivity contribution is 6.03. The number of amides is 2. The topological polar surface area (TPSA) is 58.6 Å². The number of benzene rings is 2. The highest BCUT2D eigenvalue weighted by Gasteiger charge is 2.35. The standard InChI is InChI=1S/C21H24N2O3/c1-4-26-19-9-6-17(7-10-19)22-21(25)16-12-20(24)23(13-16)18-8-5-14(2)15(3)11-18/h5-11,16H,4,12-13H2,1-3H3,(H,22,25). The molecule has 0 spiro atoms. The van der Waals surface area contributed by atoms with Gasteiger partial charge >= 0.3 is 0 Å². The molecule has 0 saturated carbocycles. The molecular formula is C21H24N2O3. The zero-order valence-electron chi connectivity index (χ0n) is 15.4. The molecule has 1 aliphatic rings. The first-order chi connectivity index (χ1) is 12.5. The Morgan fingerprint density at radius 1 is 1.15 bits per heavy atom. The zero-order chi connectivity index (χ0) is 18.7. The van der Waals surface area contributed by atoms with Crippen molar-refractivity contribution in [1.82, 2.24) is 0 Å². The number of nitrogens with one attached hydrogen (secondary N) is 1. The molecule has 1 unspecified atom stereocenters. The molecule has 26 heavy (non-hydrogen) atoms. The molecule has 1 heterocycles. The number of carbonyl (C=O) groups excluding carboxylic acids is 2. The second kappa shape index (κ2) is 7.60. The van der Waals surface area contributed by atoms with Crippen LogP contribution in [0.15, 0.2) is 42.5 Å². The average molecular weight is 352 g/mol. The minimum absolute atomic E-state index is 0.0138. The molecule has 0 aliphatic carbocycles. The lowest BCUT2D eigenvalue weighted by Gasteiger charge is -2.18. The van der Waals surface area contributed by atoms with E-state index >= 15 is 0 Å². The van der Waals surface area contributed by atoms with E-state index in [1.165, 1.54) is 5.56 Å². The molecule has 1 atom stereocenters. The van der Waals surface area contributed by atoms with Crippen LogP contribution < -0.4 is 15.0 Å². The Hall–Kier alpha value is -2.82.